The van der Waals surface area contributed by atoms with Crippen LogP contribution in [-0.2, 0) is 38.5 Å². The van der Waals surface area contributed by atoms with E-state index in [9.17, 15) is 14.4 Å². The number of hydrogen-bond donors (Lipinski definition) is 1. The van der Waals surface area contributed by atoms with E-state index in [0.717, 1.165) is 68.1 Å². The molecule has 3 aliphatic carbocycles. The van der Waals surface area contributed by atoms with Gasteiger partial charge in [0, 0.05) is 32.6 Å². The smallest absolute Gasteiger partial charge is 0.444 e. The average Bonchev–Trinajstić information content (AvgIpc) is 3.87. The van der Waals surface area contributed by atoms with Gasteiger partial charge in [-0.1, -0.05) is 99.9 Å². The van der Waals surface area contributed by atoms with Crippen molar-refractivity contribution in [3.05, 3.63) is 83.4 Å². The first-order chi connectivity index (χ1) is 25.6. The molecule has 2 aromatic rings. The van der Waals surface area contributed by atoms with Crippen molar-refractivity contribution in [1.82, 2.24) is 20.0 Å². The highest BCUT2D eigenvalue weighted by Crippen LogP contribution is 2.65. The second-order valence-corrected chi connectivity index (χ2v) is 17.1. The molecule has 2 aromatic carbocycles. The molecule has 0 aromatic heterocycles. The predicted molar refractivity (Wildman–Crippen MR) is 202 cm³/mol. The summed E-state index contributed by atoms with van der Waals surface area (Å²) >= 11 is 0. The summed E-state index contributed by atoms with van der Waals surface area (Å²) in [7, 11) is -0.559. The fourth-order valence-corrected chi connectivity index (χ4v) is 10.1. The Balaban J connectivity index is 1.04. The van der Waals surface area contributed by atoms with Gasteiger partial charge in [-0.3, -0.25) is 9.69 Å². The summed E-state index contributed by atoms with van der Waals surface area (Å²) in [6.45, 7) is 8.83. The van der Waals surface area contributed by atoms with Crippen molar-refractivity contribution in [3.8, 4) is 0 Å². The Morgan fingerprint density at radius 2 is 1.66 bits per heavy atom. The standard InChI is InChI=1S/C42H55BN4O6/c1-41(2)32-22-35(41)42(3)36(23-32)52-43(53-42)37-20-12-7-5-4-6-8-15-21-45(25-29-16-10-9-11-17-29)39(49)47-28-33(24-34(47)38(48)44-37)51-40(50)46-26-30-18-13-14-19-31(30)27-46/h8-11,13-19,32-37H,4-7,12,20-28H2,1-3H3,(H,44,48)/t32-,33-,34+,35-,36?,37+,42-/m1/s1. The van der Waals surface area contributed by atoms with Crippen molar-refractivity contribution < 1.29 is 28.4 Å². The van der Waals surface area contributed by atoms with Gasteiger partial charge in [-0.15, -0.1) is 0 Å². The van der Waals surface area contributed by atoms with E-state index in [4.69, 9.17) is 14.0 Å². The number of amides is 4. The molecule has 5 fully saturated rings. The minimum atomic E-state index is -0.820. The number of carbonyl (C=O) groups is 3. The number of benzene rings is 2. The molecule has 7 atom stereocenters. The first-order valence-electron chi connectivity index (χ1n) is 20.0. The van der Waals surface area contributed by atoms with Crippen LogP contribution in [0.15, 0.2) is 66.7 Å². The molecule has 4 heterocycles. The molecule has 4 aliphatic heterocycles. The molecule has 2 saturated heterocycles. The van der Waals surface area contributed by atoms with Gasteiger partial charge >= 0.3 is 19.2 Å². The fraction of sp³-hybridized carbons (Fsp3) is 0.595. The second kappa shape index (κ2) is 14.8. The van der Waals surface area contributed by atoms with Gasteiger partial charge in [0.1, 0.15) is 12.1 Å². The summed E-state index contributed by atoms with van der Waals surface area (Å²) in [5, 5.41) is 3.35. The molecule has 11 heteroatoms. The SMILES string of the molecule is CC1(C)[C@H]2CC3OB([C@@H]4CCCCCCC=CCN(Cc5ccccc5)C(=O)N5C[C@H](OC(=O)N6Cc7ccccc7C6)C[C@H]5C(=O)N4)O[C@]3(C)[C@@H]1C2. The third kappa shape index (κ3) is 7.11. The van der Waals surface area contributed by atoms with Gasteiger partial charge in [-0.2, -0.15) is 0 Å². The topological polar surface area (TPSA) is 101 Å². The third-order valence-electron chi connectivity index (χ3n) is 13.4. The zero-order valence-corrected chi connectivity index (χ0v) is 31.6. The van der Waals surface area contributed by atoms with Gasteiger partial charge < -0.3 is 29.2 Å². The summed E-state index contributed by atoms with van der Waals surface area (Å²) in [6.07, 6.45) is 11.4. The van der Waals surface area contributed by atoms with Crippen LogP contribution in [0.3, 0.4) is 0 Å². The monoisotopic (exact) mass is 722 g/mol. The number of fused-ring (bicyclic) bond motifs is 2. The summed E-state index contributed by atoms with van der Waals surface area (Å²) in [5.41, 5.74) is 3.04. The van der Waals surface area contributed by atoms with Crippen LogP contribution in [0, 0.1) is 17.3 Å². The quantitative estimate of drug-likeness (QED) is 0.273. The summed E-state index contributed by atoms with van der Waals surface area (Å²) < 4.78 is 19.7. The molecule has 53 heavy (non-hydrogen) atoms. The van der Waals surface area contributed by atoms with E-state index in [1.54, 1.807) is 14.7 Å². The molecule has 1 unspecified atom stereocenters. The van der Waals surface area contributed by atoms with Gasteiger partial charge in [-0.05, 0) is 73.0 Å². The van der Waals surface area contributed by atoms with Crippen molar-refractivity contribution in [2.24, 2.45) is 17.3 Å². The molecule has 0 radical (unpaired) electrons. The molecular weight excluding hydrogens is 667 g/mol. The van der Waals surface area contributed by atoms with E-state index in [1.807, 2.05) is 54.6 Å². The van der Waals surface area contributed by atoms with Gasteiger partial charge in [0.05, 0.1) is 24.2 Å². The Morgan fingerprint density at radius 3 is 2.42 bits per heavy atom. The third-order valence-corrected chi connectivity index (χ3v) is 13.4. The largest absolute Gasteiger partial charge is 0.481 e. The Bertz CT molecular complexity index is 1680. The van der Waals surface area contributed by atoms with E-state index in [1.165, 1.54) is 0 Å². The van der Waals surface area contributed by atoms with Gasteiger partial charge in [-0.25, -0.2) is 9.59 Å². The number of rotatable bonds is 4. The van der Waals surface area contributed by atoms with Gasteiger partial charge in [0.15, 0.2) is 0 Å². The van der Waals surface area contributed by atoms with Gasteiger partial charge in [0.2, 0.25) is 5.91 Å². The first-order valence-corrected chi connectivity index (χ1v) is 20.0. The summed E-state index contributed by atoms with van der Waals surface area (Å²) in [4.78, 5) is 47.8. The van der Waals surface area contributed by atoms with Crippen molar-refractivity contribution in [2.45, 2.75) is 128 Å². The fourth-order valence-electron chi connectivity index (χ4n) is 10.1. The average molecular weight is 723 g/mol. The Morgan fingerprint density at radius 1 is 0.925 bits per heavy atom. The Kier molecular flexibility index (Phi) is 10.1. The van der Waals surface area contributed by atoms with E-state index in [2.05, 4.69) is 38.2 Å². The number of nitrogens with zero attached hydrogens (tertiary/aromatic N) is 3. The number of nitrogens with one attached hydrogen (secondary N) is 1. The maximum absolute atomic E-state index is 14.6. The lowest BCUT2D eigenvalue weighted by Gasteiger charge is -2.64. The van der Waals surface area contributed by atoms with Crippen LogP contribution in [0.5, 0.6) is 0 Å². The zero-order valence-electron chi connectivity index (χ0n) is 31.6. The lowest BCUT2D eigenvalue weighted by molar-refractivity contribution is -0.199. The van der Waals surface area contributed by atoms with Crippen LogP contribution in [0.25, 0.3) is 0 Å². The van der Waals surface area contributed by atoms with Crippen molar-refractivity contribution >= 4 is 25.1 Å². The van der Waals surface area contributed by atoms with Crippen molar-refractivity contribution in [1.29, 1.82) is 0 Å². The summed E-state index contributed by atoms with van der Waals surface area (Å²) in [6, 6.07) is 16.9. The van der Waals surface area contributed by atoms with Crippen LogP contribution >= 0.6 is 0 Å². The van der Waals surface area contributed by atoms with E-state index < -0.39 is 31.0 Å². The minimum absolute atomic E-state index is 0.00458. The number of ether oxygens (including phenoxy) is 1. The van der Waals surface area contributed by atoms with Gasteiger partial charge in [0.25, 0.3) is 0 Å². The van der Waals surface area contributed by atoms with Crippen LogP contribution < -0.4 is 5.32 Å². The molecule has 282 valence electrons. The van der Waals surface area contributed by atoms with Crippen molar-refractivity contribution in [2.75, 3.05) is 13.1 Å². The molecule has 10 nitrogen and oxygen atoms in total. The Hall–Kier alpha value is -3.83. The van der Waals surface area contributed by atoms with Crippen LogP contribution in [0.2, 0.25) is 0 Å². The molecular formula is C42H55BN4O6. The molecule has 4 amide bonds. The molecule has 1 N–H and O–H groups in total. The molecule has 0 spiro atoms. The number of urea groups is 1. The van der Waals surface area contributed by atoms with Crippen LogP contribution in [0.4, 0.5) is 9.59 Å². The molecule has 2 bridgehead atoms. The van der Waals surface area contributed by atoms with E-state index in [-0.39, 0.29) is 42.4 Å². The Labute approximate surface area is 314 Å². The highest BCUT2D eigenvalue weighted by Gasteiger charge is 2.68. The molecule has 3 saturated carbocycles. The highest BCUT2D eigenvalue weighted by molar-refractivity contribution is 6.48. The van der Waals surface area contributed by atoms with Crippen LogP contribution in [-0.4, -0.2) is 82.7 Å². The minimum Gasteiger partial charge on any atom is -0.444 e. The number of carbonyl (C=O) groups excluding carboxylic acids is 3. The summed E-state index contributed by atoms with van der Waals surface area (Å²) in [5.74, 6) is 0.422. The maximum Gasteiger partial charge on any atom is 0.481 e. The molecule has 9 rings (SSSR count). The van der Waals surface area contributed by atoms with E-state index >= 15 is 0 Å². The first kappa shape index (κ1) is 36.2. The number of hydrogen-bond acceptors (Lipinski definition) is 6. The normalized spacial score (nSPS) is 32.8. The van der Waals surface area contributed by atoms with Crippen LogP contribution in [0.1, 0.15) is 95.2 Å². The van der Waals surface area contributed by atoms with E-state index in [0.29, 0.717) is 38.0 Å². The lowest BCUT2D eigenvalue weighted by Crippen LogP contribution is -2.65. The lowest BCUT2D eigenvalue weighted by atomic mass is 9.43. The number of allylic oxidation sites excluding steroid dienone is 1. The predicted octanol–water partition coefficient (Wildman–Crippen LogP) is 6.87. The zero-order chi connectivity index (χ0) is 36.7. The second-order valence-electron chi connectivity index (χ2n) is 17.1. The highest BCUT2D eigenvalue weighted by atomic mass is 16.7. The maximum atomic E-state index is 14.6. The molecule has 7 aliphatic rings. The van der Waals surface area contributed by atoms with Crippen molar-refractivity contribution in [3.63, 3.8) is 0 Å².